The number of ether oxygens (including phenoxy) is 6. The molecule has 0 radical (unpaired) electrons. The van der Waals surface area contributed by atoms with Gasteiger partial charge in [-0.3, -0.25) is 29.9 Å². The van der Waals surface area contributed by atoms with Crippen molar-refractivity contribution in [2.45, 2.75) is 83.1 Å². The smallest absolute Gasteiger partial charge is 0.167 e. The van der Waals surface area contributed by atoms with E-state index in [1.165, 1.54) is 12.4 Å². The largest absolute Gasteiger partial charge is 0.504 e. The van der Waals surface area contributed by atoms with Gasteiger partial charge >= 0.3 is 0 Å². The second-order valence-electron chi connectivity index (χ2n) is 17.3. The molecule has 10 aromatic rings. The van der Waals surface area contributed by atoms with E-state index >= 15 is 0 Å². The average molecular weight is 999 g/mol. The van der Waals surface area contributed by atoms with Crippen LogP contribution in [0.1, 0.15) is 74.9 Å². The number of aromatic hydroxyl groups is 2. The van der Waals surface area contributed by atoms with Crippen LogP contribution in [0.5, 0.6) is 46.0 Å². The molecule has 14 heteroatoms. The van der Waals surface area contributed by atoms with Crippen molar-refractivity contribution in [2.24, 2.45) is 0 Å². The molecule has 74 heavy (non-hydrogen) atoms. The number of hydrogen-bond donors (Lipinski definition) is 2. The number of phenolic OH excluding ortho intramolecular Hbond substituents is 2. The van der Waals surface area contributed by atoms with Crippen molar-refractivity contribution in [1.29, 1.82) is 0 Å². The number of aromatic nitrogens is 6. The molecule has 6 bridgehead atoms. The van der Waals surface area contributed by atoms with Crippen molar-refractivity contribution in [2.75, 3.05) is 39.6 Å². The van der Waals surface area contributed by atoms with Gasteiger partial charge in [0.05, 0.1) is 72.7 Å². The molecule has 0 aliphatic heterocycles. The molecule has 4 heterocycles. The Morgan fingerprint density at radius 1 is 0.297 bits per heavy atom. The summed E-state index contributed by atoms with van der Waals surface area (Å²) >= 11 is 0. The van der Waals surface area contributed by atoms with Crippen LogP contribution in [-0.4, -0.2) is 79.8 Å². The van der Waals surface area contributed by atoms with Crippen molar-refractivity contribution in [1.82, 2.24) is 29.9 Å². The number of phenols is 2. The van der Waals surface area contributed by atoms with Crippen molar-refractivity contribution < 1.29 is 38.6 Å². The van der Waals surface area contributed by atoms with Gasteiger partial charge in [-0.15, -0.1) is 0 Å². The fourth-order valence-corrected chi connectivity index (χ4v) is 8.29. The zero-order valence-corrected chi connectivity index (χ0v) is 44.5. The minimum atomic E-state index is -0.360. The highest BCUT2D eigenvalue weighted by Gasteiger charge is 2.15. The lowest BCUT2D eigenvalue weighted by atomic mass is 10.0. The molecule has 6 aromatic carbocycles. The van der Waals surface area contributed by atoms with Gasteiger partial charge in [-0.25, -0.2) is 0 Å². The van der Waals surface area contributed by atoms with Crippen LogP contribution in [0.25, 0.3) is 65.4 Å². The van der Waals surface area contributed by atoms with Gasteiger partial charge in [-0.05, 0) is 138 Å². The minimum Gasteiger partial charge on any atom is -0.504 e. The molecule has 0 aliphatic carbocycles. The first-order valence-corrected chi connectivity index (χ1v) is 25.1. The van der Waals surface area contributed by atoms with E-state index in [2.05, 4.69) is 13.8 Å². The summed E-state index contributed by atoms with van der Waals surface area (Å²) in [5, 5.41) is 27.6. The molecule has 0 spiro atoms. The molecule has 14 nitrogen and oxygen atoms in total. The van der Waals surface area contributed by atoms with E-state index in [0.29, 0.717) is 129 Å². The Bertz CT molecular complexity index is 3340. The van der Waals surface area contributed by atoms with Gasteiger partial charge in [0.25, 0.3) is 0 Å². The monoisotopic (exact) mass is 998 g/mol. The summed E-state index contributed by atoms with van der Waals surface area (Å²) < 4.78 is 36.1. The standard InChI is InChI=1S/C60H66N6O8/c1-13-69-53-23-47-48(24-54(53)70-14-2)62-30-42-20-22-44(38(10)36(42)8)32-64-50-26-56(72-16-4)58(74-18-6)28-52(50)66-34-46-40(12)39(11)45(59(67)60(46)68)33-65-51-27-57(73-17-5)55(71-15-3)25-49(51)63-31-43-21-19-41(29-61-47)35(7)37(43)9/h19-34,67-68H,13-18H2,1-12H3. The molecule has 4 aromatic heterocycles. The molecule has 384 valence electrons. The Labute approximate surface area is 432 Å². The lowest BCUT2D eigenvalue weighted by Crippen LogP contribution is -1.99. The highest BCUT2D eigenvalue weighted by atomic mass is 16.5. The van der Waals surface area contributed by atoms with Crippen LogP contribution in [0, 0.1) is 41.5 Å². The third kappa shape index (κ3) is 11.8. The summed E-state index contributed by atoms with van der Waals surface area (Å²) in [6.45, 7) is 25.8. The van der Waals surface area contributed by atoms with E-state index in [0.717, 1.165) is 43.8 Å². The molecule has 0 saturated heterocycles. The van der Waals surface area contributed by atoms with Gasteiger partial charge in [-0.2, -0.15) is 0 Å². The van der Waals surface area contributed by atoms with Gasteiger partial charge in [0, 0.05) is 84.4 Å². The van der Waals surface area contributed by atoms with Gasteiger partial charge in [-0.1, -0.05) is 24.3 Å². The fourth-order valence-electron chi connectivity index (χ4n) is 8.29. The molecule has 0 fully saturated rings. The molecule has 10 rings (SSSR count). The number of nitrogens with zero attached hydrogens (tertiary/aromatic N) is 6. The van der Waals surface area contributed by atoms with Crippen molar-refractivity contribution in [3.8, 4) is 46.0 Å². The van der Waals surface area contributed by atoms with E-state index in [9.17, 15) is 10.2 Å². The maximum Gasteiger partial charge on any atom is 0.167 e. The first-order valence-electron chi connectivity index (χ1n) is 25.1. The molecule has 0 unspecified atom stereocenters. The predicted molar refractivity (Wildman–Crippen MR) is 296 cm³/mol. The normalized spacial score (nSPS) is 10.9. The van der Waals surface area contributed by atoms with Crippen LogP contribution in [0.3, 0.4) is 0 Å². The summed E-state index contributed by atoms with van der Waals surface area (Å²) in [5.74, 6) is 2.43. The highest BCUT2D eigenvalue weighted by Crippen LogP contribution is 2.40. The number of hydrogen-bond acceptors (Lipinski definition) is 14. The topological polar surface area (TPSA) is 173 Å². The van der Waals surface area contributed by atoms with E-state index in [-0.39, 0.29) is 11.5 Å². The lowest BCUT2D eigenvalue weighted by Gasteiger charge is -2.11. The summed E-state index contributed by atoms with van der Waals surface area (Å²) in [6.07, 6.45) is 10.3. The third-order valence-corrected chi connectivity index (χ3v) is 12.8. The third-order valence-electron chi connectivity index (χ3n) is 12.8. The van der Waals surface area contributed by atoms with Crippen LogP contribution >= 0.6 is 0 Å². The zero-order valence-electron chi connectivity index (χ0n) is 44.5. The van der Waals surface area contributed by atoms with Crippen molar-refractivity contribution in [3.05, 3.63) is 131 Å². The van der Waals surface area contributed by atoms with Crippen LogP contribution in [0.15, 0.2) is 97.8 Å². The number of benzene rings is 6. The second-order valence-corrected chi connectivity index (χ2v) is 17.3. The lowest BCUT2D eigenvalue weighted by molar-refractivity contribution is 0.288. The number of aryl methyl sites for hydroxylation is 6. The van der Waals surface area contributed by atoms with Crippen molar-refractivity contribution in [3.63, 3.8) is 0 Å². The average Bonchev–Trinajstić information content (AvgIpc) is 3.38. The SMILES string of the molecule is CCOc1cc2ncc3ccc(cnc4cc(OCC)c(OCC)cc4ncc4c(C)c(C)c(cnc5cc(OCC)c(OCC)cc5ncc5ccc(cnc2cc1OCC)c(C)c5C)c(O)c4O)c(C)c3C. The molecular formula is C60H66N6O8. The quantitative estimate of drug-likeness (QED) is 0.111. The predicted octanol–water partition coefficient (Wildman–Crippen LogP) is 13.7. The molecular weight excluding hydrogens is 933 g/mol. The summed E-state index contributed by atoms with van der Waals surface area (Å²) in [6, 6.07) is 18.9. The first-order chi connectivity index (χ1) is 35.7. The van der Waals surface area contributed by atoms with Gasteiger partial charge < -0.3 is 38.6 Å². The Balaban J connectivity index is 1.63. The second kappa shape index (κ2) is 24.4. The number of rotatable bonds is 12. The minimum absolute atomic E-state index is 0.321. The van der Waals surface area contributed by atoms with Crippen LogP contribution in [-0.2, 0) is 0 Å². The summed E-state index contributed by atoms with van der Waals surface area (Å²) in [5.41, 5.74) is 8.46. The fraction of sp³-hybridized carbons (Fsp3) is 0.300. The van der Waals surface area contributed by atoms with Crippen LogP contribution in [0.2, 0.25) is 0 Å². The Kier molecular flexibility index (Phi) is 17.7. The maximum atomic E-state index is 11.7. The van der Waals surface area contributed by atoms with E-state index in [1.807, 2.05) is 118 Å². The van der Waals surface area contributed by atoms with Gasteiger partial charge in [0.2, 0.25) is 0 Å². The Hall–Kier alpha value is -8.26. The van der Waals surface area contributed by atoms with Crippen LogP contribution in [0.4, 0.5) is 0 Å². The molecule has 2 N–H and O–H groups in total. The first kappa shape index (κ1) is 53.5. The van der Waals surface area contributed by atoms with E-state index in [4.69, 9.17) is 58.3 Å². The Morgan fingerprint density at radius 2 is 0.486 bits per heavy atom. The summed E-state index contributed by atoms with van der Waals surface area (Å²) in [4.78, 5) is 29.7. The highest BCUT2D eigenvalue weighted by molar-refractivity contribution is 5.88. The maximum absolute atomic E-state index is 11.7. The van der Waals surface area contributed by atoms with E-state index < -0.39 is 0 Å². The Morgan fingerprint density at radius 3 is 0.676 bits per heavy atom. The van der Waals surface area contributed by atoms with Crippen LogP contribution < -0.4 is 28.4 Å². The molecule has 0 amide bonds. The van der Waals surface area contributed by atoms with E-state index in [1.54, 1.807) is 36.7 Å². The summed E-state index contributed by atoms with van der Waals surface area (Å²) in [7, 11) is 0. The van der Waals surface area contributed by atoms with Crippen molar-refractivity contribution >= 4 is 65.4 Å². The molecule has 0 saturated carbocycles. The number of fused-ring (bicyclic) bond motifs is 3. The van der Waals surface area contributed by atoms with Gasteiger partial charge in [0.1, 0.15) is 0 Å². The molecule has 0 atom stereocenters. The van der Waals surface area contributed by atoms with Gasteiger partial charge in [0.15, 0.2) is 46.0 Å². The molecule has 0 aliphatic rings. The zero-order chi connectivity index (χ0) is 53.1.